The minimum atomic E-state index is -0.752. The summed E-state index contributed by atoms with van der Waals surface area (Å²) in [5.74, 6) is 0.0435. The fraction of sp³-hybridized carbons (Fsp3) is 0.455. The van der Waals surface area contributed by atoms with E-state index in [0.29, 0.717) is 5.56 Å². The highest BCUT2D eigenvalue weighted by Gasteiger charge is 2.16. The quantitative estimate of drug-likeness (QED) is 0.701. The molecular weight excluding hydrogens is 196 g/mol. The van der Waals surface area contributed by atoms with Gasteiger partial charge < -0.3 is 9.15 Å². The molecule has 0 atom stereocenters. The van der Waals surface area contributed by atoms with Gasteiger partial charge in [0.25, 0.3) is 0 Å². The van der Waals surface area contributed by atoms with Crippen molar-refractivity contribution >= 4 is 0 Å². The molecular formula is C11H14O4. The van der Waals surface area contributed by atoms with Gasteiger partial charge in [0, 0.05) is 6.07 Å². The maximum atomic E-state index is 11.3. The van der Waals surface area contributed by atoms with Crippen molar-refractivity contribution in [3.63, 3.8) is 0 Å². The number of hydrogen-bond acceptors (Lipinski definition) is 4. The Kier molecular flexibility index (Phi) is 2.98. The molecule has 1 aromatic rings. The number of rotatable bonds is 1. The van der Waals surface area contributed by atoms with Crippen LogP contribution in [0.2, 0.25) is 0 Å². The van der Waals surface area contributed by atoms with Gasteiger partial charge in [0.15, 0.2) is 0 Å². The first-order valence-corrected chi connectivity index (χ1v) is 4.58. The molecule has 15 heavy (non-hydrogen) atoms. The summed E-state index contributed by atoms with van der Waals surface area (Å²) in [6.45, 7) is 5.81. The second-order valence-corrected chi connectivity index (χ2v) is 4.27. The minimum absolute atomic E-state index is 0.0435. The molecule has 0 fully saturated rings. The van der Waals surface area contributed by atoms with Gasteiger partial charge in [-0.3, -0.25) is 0 Å². The lowest BCUT2D eigenvalue weighted by Crippen LogP contribution is -2.12. The monoisotopic (exact) mass is 210 g/mol. The molecule has 0 spiro atoms. The van der Waals surface area contributed by atoms with Crippen LogP contribution in [0.25, 0.3) is 0 Å². The van der Waals surface area contributed by atoms with Gasteiger partial charge in [-0.15, -0.1) is 0 Å². The average Bonchev–Trinajstić information content (AvgIpc) is 2.22. The van der Waals surface area contributed by atoms with Crippen molar-refractivity contribution in [2.24, 2.45) is 0 Å². The van der Waals surface area contributed by atoms with Crippen molar-refractivity contribution in [1.29, 1.82) is 0 Å². The molecule has 82 valence electrons. The van der Waals surface area contributed by atoms with E-state index in [-0.39, 0.29) is 11.2 Å². The maximum Gasteiger partial charge on any atom is 0.381 e. The molecule has 4 nitrogen and oxygen atoms in total. The minimum Gasteiger partial charge on any atom is -0.490 e. The van der Waals surface area contributed by atoms with Crippen molar-refractivity contribution in [1.82, 2.24) is 0 Å². The first kappa shape index (κ1) is 11.5. The molecule has 4 heteroatoms. The van der Waals surface area contributed by atoms with E-state index >= 15 is 0 Å². The van der Waals surface area contributed by atoms with Crippen LogP contribution in [-0.4, -0.2) is 7.11 Å². The molecule has 0 radical (unpaired) electrons. The molecule has 0 N–H and O–H groups in total. The summed E-state index contributed by atoms with van der Waals surface area (Å²) in [6.07, 6.45) is 0. The Morgan fingerprint density at radius 1 is 1.20 bits per heavy atom. The van der Waals surface area contributed by atoms with Crippen LogP contribution in [0.5, 0.6) is 5.75 Å². The van der Waals surface area contributed by atoms with Gasteiger partial charge in [-0.05, 0) is 17.0 Å². The molecule has 0 bridgehead atoms. The molecule has 0 saturated heterocycles. The summed E-state index contributed by atoms with van der Waals surface area (Å²) < 4.78 is 9.34. The number of hydrogen-bond donors (Lipinski definition) is 0. The van der Waals surface area contributed by atoms with Crippen molar-refractivity contribution in [2.75, 3.05) is 7.11 Å². The molecule has 0 unspecified atom stereocenters. The van der Waals surface area contributed by atoms with Crippen molar-refractivity contribution in [3.05, 3.63) is 38.5 Å². The van der Waals surface area contributed by atoms with Crippen LogP contribution in [0.3, 0.4) is 0 Å². The largest absolute Gasteiger partial charge is 0.490 e. The van der Waals surface area contributed by atoms with Gasteiger partial charge in [-0.25, -0.2) is 9.59 Å². The highest BCUT2D eigenvalue weighted by molar-refractivity contribution is 5.27. The first-order valence-electron chi connectivity index (χ1n) is 4.58. The van der Waals surface area contributed by atoms with Crippen LogP contribution in [-0.2, 0) is 5.41 Å². The second kappa shape index (κ2) is 3.88. The average molecular weight is 210 g/mol. The Morgan fingerprint density at radius 3 is 2.27 bits per heavy atom. The van der Waals surface area contributed by atoms with E-state index in [0.717, 1.165) is 0 Å². The summed E-state index contributed by atoms with van der Waals surface area (Å²) in [6, 6.07) is 2.84. The van der Waals surface area contributed by atoms with Crippen LogP contribution in [0.15, 0.2) is 26.1 Å². The van der Waals surface area contributed by atoms with E-state index < -0.39 is 11.3 Å². The van der Waals surface area contributed by atoms with Gasteiger partial charge in [-0.1, -0.05) is 20.8 Å². The van der Waals surface area contributed by atoms with Crippen molar-refractivity contribution in [3.8, 4) is 5.75 Å². The number of methoxy groups -OCH3 is 1. The second-order valence-electron chi connectivity index (χ2n) is 4.27. The predicted molar refractivity (Wildman–Crippen MR) is 56.5 cm³/mol. The topological polar surface area (TPSA) is 56.5 Å². The van der Waals surface area contributed by atoms with Gasteiger partial charge in [-0.2, -0.15) is 0 Å². The third-order valence-electron chi connectivity index (χ3n) is 2.04. The standard InChI is InChI=1S/C11H14O4/c1-11(2,3)7-5-8(14-4)10(13)15-9(12)6-7/h5-6H,1-4H3. The molecule has 0 aliphatic carbocycles. The fourth-order valence-corrected chi connectivity index (χ4v) is 1.12. The zero-order valence-corrected chi connectivity index (χ0v) is 9.29. The van der Waals surface area contributed by atoms with E-state index in [4.69, 9.17) is 4.74 Å². The molecule has 1 heterocycles. The molecule has 1 aromatic heterocycles. The van der Waals surface area contributed by atoms with E-state index in [1.54, 1.807) is 0 Å². The van der Waals surface area contributed by atoms with Crippen molar-refractivity contribution < 1.29 is 9.15 Å². The maximum absolute atomic E-state index is 11.3. The van der Waals surface area contributed by atoms with Crippen LogP contribution in [0.1, 0.15) is 26.3 Å². The lowest BCUT2D eigenvalue weighted by molar-refractivity contribution is 0.375. The Labute approximate surface area is 87.5 Å². The van der Waals surface area contributed by atoms with E-state index in [1.165, 1.54) is 19.2 Å². The molecule has 0 aromatic carbocycles. The SMILES string of the molecule is COc1cc(C(C)(C)C)cc(=O)oc1=O. The summed E-state index contributed by atoms with van der Waals surface area (Å²) in [5.41, 5.74) is -0.950. The molecule has 0 aliphatic rings. The Hall–Kier alpha value is -1.58. The summed E-state index contributed by atoms with van der Waals surface area (Å²) >= 11 is 0. The van der Waals surface area contributed by atoms with E-state index in [2.05, 4.69) is 4.42 Å². The predicted octanol–water partition coefficient (Wildman–Crippen LogP) is 1.31. The zero-order chi connectivity index (χ0) is 11.6. The van der Waals surface area contributed by atoms with Crippen LogP contribution >= 0.6 is 0 Å². The van der Waals surface area contributed by atoms with Gasteiger partial charge >= 0.3 is 11.3 Å². The van der Waals surface area contributed by atoms with Crippen LogP contribution < -0.4 is 16.0 Å². The highest BCUT2D eigenvalue weighted by Crippen LogP contribution is 2.21. The lowest BCUT2D eigenvalue weighted by Gasteiger charge is -2.16. The van der Waals surface area contributed by atoms with Crippen LogP contribution in [0, 0.1) is 0 Å². The highest BCUT2D eigenvalue weighted by atomic mass is 16.5. The summed E-state index contributed by atoms with van der Waals surface area (Å²) in [5, 5.41) is 0. The van der Waals surface area contributed by atoms with E-state index in [1.807, 2.05) is 20.8 Å². The van der Waals surface area contributed by atoms with Gasteiger partial charge in [0.05, 0.1) is 7.11 Å². The normalized spacial score (nSPS) is 11.2. The molecule has 0 amide bonds. The fourth-order valence-electron chi connectivity index (χ4n) is 1.12. The third kappa shape index (κ3) is 2.68. The third-order valence-corrected chi connectivity index (χ3v) is 2.04. The summed E-state index contributed by atoms with van der Waals surface area (Å²) in [4.78, 5) is 22.5. The zero-order valence-electron chi connectivity index (χ0n) is 9.29. The van der Waals surface area contributed by atoms with Gasteiger partial charge in [0.2, 0.25) is 5.75 Å². The number of ether oxygens (including phenoxy) is 1. The Bertz CT molecular complexity index is 465. The Morgan fingerprint density at radius 2 is 1.80 bits per heavy atom. The van der Waals surface area contributed by atoms with Crippen LogP contribution in [0.4, 0.5) is 0 Å². The van der Waals surface area contributed by atoms with Crippen molar-refractivity contribution in [2.45, 2.75) is 26.2 Å². The molecule has 1 rings (SSSR count). The smallest absolute Gasteiger partial charge is 0.381 e. The van der Waals surface area contributed by atoms with Gasteiger partial charge in [0.1, 0.15) is 0 Å². The molecule has 0 saturated carbocycles. The summed E-state index contributed by atoms with van der Waals surface area (Å²) in [7, 11) is 1.36. The lowest BCUT2D eigenvalue weighted by atomic mass is 9.88. The molecule has 0 aliphatic heterocycles. The first-order chi connectivity index (χ1) is 6.84. The Balaban J connectivity index is 3.59. The van der Waals surface area contributed by atoms with E-state index in [9.17, 15) is 9.59 Å².